The van der Waals surface area contributed by atoms with E-state index in [1.807, 2.05) is 27.7 Å². The quantitative estimate of drug-likeness (QED) is 0.0813. The molecule has 2 amide bonds. The van der Waals surface area contributed by atoms with Gasteiger partial charge in [-0.25, -0.2) is 24.4 Å². The minimum atomic E-state index is -1.38. The van der Waals surface area contributed by atoms with Crippen LogP contribution < -0.4 is 20.7 Å². The molecule has 2 aliphatic heterocycles. The van der Waals surface area contributed by atoms with Gasteiger partial charge in [-0.05, 0) is 95.5 Å². The molecule has 9 rings (SSSR count). The molecule has 73 heavy (non-hydrogen) atoms. The number of thiazole rings is 1. The second-order valence-electron chi connectivity index (χ2n) is 19.6. The number of nitriles is 1. The van der Waals surface area contributed by atoms with Gasteiger partial charge in [-0.3, -0.25) is 9.59 Å². The normalized spacial score (nSPS) is 21.1. The zero-order valence-corrected chi connectivity index (χ0v) is 43.1. The number of hydrogen-bond donors (Lipinski definition) is 4. The van der Waals surface area contributed by atoms with Crippen LogP contribution in [0.5, 0.6) is 5.88 Å². The Morgan fingerprint density at radius 1 is 1.10 bits per heavy atom. The molecule has 1 aliphatic carbocycles. The van der Waals surface area contributed by atoms with Crippen molar-refractivity contribution in [3.8, 4) is 33.9 Å². The van der Waals surface area contributed by atoms with Crippen LogP contribution in [-0.2, 0) is 26.2 Å². The van der Waals surface area contributed by atoms with Crippen LogP contribution in [0.4, 0.5) is 10.9 Å². The van der Waals surface area contributed by atoms with Crippen molar-refractivity contribution in [2.24, 2.45) is 5.92 Å². The van der Waals surface area contributed by atoms with Crippen LogP contribution in [-0.4, -0.2) is 135 Å². The highest BCUT2D eigenvalue weighted by Crippen LogP contribution is 2.48. The average Bonchev–Trinajstić information content (AvgIpc) is 4.23. The standard InChI is InChI=1S/C50H60N14O7S2/c1-28(2)41(46(67)63-25-33(65)22-36(63)45(66)56-40(47(68)69)31-11-13-32(14-12-31)42-30(4)54-27-72-42)64-26-38(58-60-64)70-21-7-6-18-61-19-9-20-62(29(3)24-61)49-53-17-15-35(55-49)44-57-48(71-59-44)50(5)16-8-10-37-39(50)34(23-51)43(52)73-37/h11-15,17,26-29,33,36,40-41,65H,6-10,16,18-22,24-25,52H2,1-5H3,(H,56,66)(H,68,69)/t29-,33+,36-,40+,41?,50-/m0/s1. The van der Waals surface area contributed by atoms with E-state index in [2.05, 4.69) is 53.5 Å². The molecule has 7 heterocycles. The van der Waals surface area contributed by atoms with Crippen molar-refractivity contribution in [2.75, 3.05) is 50.0 Å². The number of nitrogens with one attached hydrogen (secondary N) is 1. The summed E-state index contributed by atoms with van der Waals surface area (Å²) in [5.74, 6) is -1.02. The summed E-state index contributed by atoms with van der Waals surface area (Å²) in [5, 5.41) is 46.7. The van der Waals surface area contributed by atoms with Gasteiger partial charge < -0.3 is 45.2 Å². The predicted molar refractivity (Wildman–Crippen MR) is 272 cm³/mol. The third kappa shape index (κ3) is 10.6. The number of nitrogens with two attached hydrogens (primary N) is 1. The van der Waals surface area contributed by atoms with E-state index in [1.165, 1.54) is 32.3 Å². The van der Waals surface area contributed by atoms with Crippen LogP contribution in [0.25, 0.3) is 22.0 Å². The SMILES string of the molecule is Cc1ncsc1-c1ccc([C@@H](NC(=O)[C@@H]2C[C@@H](O)CN2C(=O)C(C(C)C)n2cc(OCCCCN3CCCN(c4nccc(-c5noc([C@@]6(C)CCCc7sc(N)c(C#N)c76)n5)n4)[C@@H](C)C3)nn2)C(=O)O)cc1. The summed E-state index contributed by atoms with van der Waals surface area (Å²) in [4.78, 5) is 67.2. The Labute approximate surface area is 430 Å². The van der Waals surface area contributed by atoms with Crippen LogP contribution >= 0.6 is 22.7 Å². The third-order valence-electron chi connectivity index (χ3n) is 14.1. The van der Waals surface area contributed by atoms with Crippen molar-refractivity contribution in [3.05, 3.63) is 81.4 Å². The van der Waals surface area contributed by atoms with Crippen molar-refractivity contribution in [2.45, 2.75) is 115 Å². The molecule has 1 unspecified atom stereocenters. The number of anilines is 2. The number of aliphatic hydroxyl groups excluding tert-OH is 1. The largest absolute Gasteiger partial charge is 0.479 e. The molecule has 3 aliphatic rings. The summed E-state index contributed by atoms with van der Waals surface area (Å²) >= 11 is 2.94. The minimum Gasteiger partial charge on any atom is -0.479 e. The molecule has 2 saturated heterocycles. The van der Waals surface area contributed by atoms with Gasteiger partial charge in [-0.2, -0.15) is 10.2 Å². The molecule has 2 fully saturated rings. The number of β-amino-alcohol motifs (C(OH)–C–C–N with tert-alkyl or cyclic N) is 1. The first kappa shape index (κ1) is 51.0. The van der Waals surface area contributed by atoms with Crippen LogP contribution in [0.15, 0.2) is 52.8 Å². The monoisotopic (exact) mass is 1030 g/mol. The number of thiophene rings is 1. The number of unbranched alkanes of at least 4 members (excludes halogenated alkanes) is 1. The van der Waals surface area contributed by atoms with E-state index >= 15 is 0 Å². The molecule has 6 atom stereocenters. The highest BCUT2D eigenvalue weighted by molar-refractivity contribution is 7.16. The molecule has 0 spiro atoms. The Balaban J connectivity index is 0.760. The summed E-state index contributed by atoms with van der Waals surface area (Å²) in [6.45, 7) is 13.4. The van der Waals surface area contributed by atoms with Gasteiger partial charge in [0.15, 0.2) is 6.04 Å². The summed E-state index contributed by atoms with van der Waals surface area (Å²) < 4.78 is 13.3. The number of likely N-dealkylation sites (tertiary alicyclic amines) is 1. The lowest BCUT2D eigenvalue weighted by Gasteiger charge is -2.30. The Morgan fingerprint density at radius 3 is 2.64 bits per heavy atom. The van der Waals surface area contributed by atoms with E-state index in [0.29, 0.717) is 46.1 Å². The van der Waals surface area contributed by atoms with E-state index in [-0.39, 0.29) is 30.8 Å². The first-order valence-corrected chi connectivity index (χ1v) is 26.4. The number of ether oxygens (including phenoxy) is 1. The van der Waals surface area contributed by atoms with Gasteiger partial charge in [0.05, 0.1) is 46.0 Å². The van der Waals surface area contributed by atoms with Crippen LogP contribution in [0.2, 0.25) is 0 Å². The van der Waals surface area contributed by atoms with Gasteiger partial charge >= 0.3 is 5.97 Å². The number of aryl methyl sites for hydroxylation is 2. The molecular formula is C50H60N14O7S2. The van der Waals surface area contributed by atoms with Crippen molar-refractivity contribution < 1.29 is 33.9 Å². The van der Waals surface area contributed by atoms with Gasteiger partial charge in [-0.1, -0.05) is 53.6 Å². The second kappa shape index (κ2) is 21.7. The number of carboxylic acids is 1. The van der Waals surface area contributed by atoms with Gasteiger partial charge in [0.1, 0.15) is 28.8 Å². The van der Waals surface area contributed by atoms with Crippen molar-refractivity contribution >= 4 is 51.4 Å². The molecule has 0 saturated carbocycles. The van der Waals surface area contributed by atoms with E-state index in [1.54, 1.807) is 48.2 Å². The van der Waals surface area contributed by atoms with Crippen molar-refractivity contribution in [3.63, 3.8) is 0 Å². The molecule has 21 nitrogen and oxygen atoms in total. The molecule has 6 aromatic rings. The second-order valence-corrected chi connectivity index (χ2v) is 21.6. The first-order chi connectivity index (χ1) is 35.1. The number of hydrogen-bond acceptors (Lipinski definition) is 19. The zero-order chi connectivity index (χ0) is 51.6. The molecule has 23 heteroatoms. The number of aromatic nitrogens is 8. The van der Waals surface area contributed by atoms with Crippen molar-refractivity contribution in [1.82, 2.24) is 55.2 Å². The molecule has 5 aromatic heterocycles. The number of nitrogen functional groups attached to an aromatic ring is 1. The molecule has 0 radical (unpaired) electrons. The fourth-order valence-corrected chi connectivity index (χ4v) is 12.4. The number of nitrogens with zero attached hydrogens (tertiary/aromatic N) is 12. The number of carbonyl (C=O) groups is 3. The van der Waals surface area contributed by atoms with E-state index in [0.717, 1.165) is 91.3 Å². The van der Waals surface area contributed by atoms with Gasteiger partial charge in [-0.15, -0.1) is 22.7 Å². The Kier molecular flexibility index (Phi) is 15.2. The van der Waals surface area contributed by atoms with E-state index < -0.39 is 47.4 Å². The number of rotatable bonds is 17. The molecule has 0 bridgehead atoms. The number of aliphatic hydroxyl groups is 1. The lowest BCUT2D eigenvalue weighted by molar-refractivity contribution is -0.145. The van der Waals surface area contributed by atoms with Crippen LogP contribution in [0.3, 0.4) is 0 Å². The number of fused-ring (bicyclic) bond motifs is 1. The molecule has 5 N–H and O–H groups in total. The summed E-state index contributed by atoms with van der Waals surface area (Å²) in [5.41, 5.74) is 11.4. The Hall–Kier alpha value is -6.87. The fourth-order valence-electron chi connectivity index (χ4n) is 10.4. The molecular weight excluding hydrogens is 973 g/mol. The number of amides is 2. The fraction of sp³-hybridized carbons (Fsp3) is 0.500. The molecule has 384 valence electrons. The highest BCUT2D eigenvalue weighted by atomic mass is 32.1. The third-order valence-corrected chi connectivity index (χ3v) is 16.2. The molecule has 1 aromatic carbocycles. The van der Waals surface area contributed by atoms with Crippen LogP contribution in [0, 0.1) is 24.2 Å². The Morgan fingerprint density at radius 2 is 1.90 bits per heavy atom. The highest BCUT2D eigenvalue weighted by Gasteiger charge is 2.45. The summed E-state index contributed by atoms with van der Waals surface area (Å²) in [6, 6.07) is 7.72. The summed E-state index contributed by atoms with van der Waals surface area (Å²) in [6.07, 6.45) is 7.34. The minimum absolute atomic E-state index is 0.0497. The van der Waals surface area contributed by atoms with E-state index in [4.69, 9.17) is 25.0 Å². The first-order valence-electron chi connectivity index (χ1n) is 24.7. The van der Waals surface area contributed by atoms with Gasteiger partial charge in [0, 0.05) is 48.7 Å². The van der Waals surface area contributed by atoms with Crippen LogP contribution in [0.1, 0.15) is 111 Å². The number of carboxylic acid groups (broad SMARTS) is 1. The maximum atomic E-state index is 14.3. The smallest absolute Gasteiger partial charge is 0.330 e. The maximum absolute atomic E-state index is 14.3. The van der Waals surface area contributed by atoms with Gasteiger partial charge in [0.25, 0.3) is 5.88 Å². The lowest BCUT2D eigenvalue weighted by Crippen LogP contribution is -2.50. The van der Waals surface area contributed by atoms with Crippen molar-refractivity contribution in [1.29, 1.82) is 5.26 Å². The number of benzene rings is 1. The topological polar surface area (TPSA) is 281 Å². The summed E-state index contributed by atoms with van der Waals surface area (Å²) in [7, 11) is 0. The number of aliphatic carboxylic acids is 1. The van der Waals surface area contributed by atoms with Gasteiger partial charge in [0.2, 0.25) is 29.5 Å². The zero-order valence-electron chi connectivity index (χ0n) is 41.5. The van der Waals surface area contributed by atoms with E-state index in [9.17, 15) is 29.9 Å². The maximum Gasteiger partial charge on any atom is 0.330 e. The predicted octanol–water partition coefficient (Wildman–Crippen LogP) is 5.57. The average molecular weight is 1030 g/mol. The Bertz CT molecular complexity index is 2980. The number of carbonyl (C=O) groups excluding carboxylic acids is 2. The lowest BCUT2D eigenvalue weighted by atomic mass is 9.72.